The van der Waals surface area contributed by atoms with Crippen molar-refractivity contribution in [2.75, 3.05) is 0 Å². The number of rotatable bonds is 3. The summed E-state index contributed by atoms with van der Waals surface area (Å²) in [5, 5.41) is 0. The van der Waals surface area contributed by atoms with Crippen LogP contribution in [0.2, 0.25) is 0 Å². The molecule has 0 spiro atoms. The summed E-state index contributed by atoms with van der Waals surface area (Å²) in [4.78, 5) is 0. The average molecular weight is 136 g/mol. The standard InChI is InChI=1S/C10H16/c1-4-6-8(3)10-7-9(10)5-2/h4,6-9H,5H2,1-3H3. The van der Waals surface area contributed by atoms with Crippen LogP contribution >= 0.6 is 0 Å². The van der Waals surface area contributed by atoms with Gasteiger partial charge in [0.1, 0.15) is 0 Å². The Morgan fingerprint density at radius 1 is 1.70 bits per heavy atom. The van der Waals surface area contributed by atoms with E-state index in [1.807, 2.05) is 0 Å². The van der Waals surface area contributed by atoms with Crippen molar-refractivity contribution in [3.05, 3.63) is 23.8 Å². The van der Waals surface area contributed by atoms with Crippen LogP contribution < -0.4 is 0 Å². The quantitative estimate of drug-likeness (QED) is 0.523. The normalized spacial score (nSPS) is 26.7. The van der Waals surface area contributed by atoms with Crippen molar-refractivity contribution in [2.24, 2.45) is 11.8 Å². The van der Waals surface area contributed by atoms with E-state index in [0.717, 1.165) is 5.92 Å². The maximum Gasteiger partial charge on any atom is -0.00168 e. The first-order valence-corrected chi connectivity index (χ1v) is 4.14. The predicted molar refractivity (Wildman–Crippen MR) is 45.8 cm³/mol. The second kappa shape index (κ2) is 3.05. The Balaban J connectivity index is 2.32. The molecule has 1 aliphatic carbocycles. The summed E-state index contributed by atoms with van der Waals surface area (Å²) in [6, 6.07) is 0. The highest BCUT2D eigenvalue weighted by molar-refractivity contribution is 5.33. The van der Waals surface area contributed by atoms with Crippen molar-refractivity contribution in [2.45, 2.75) is 27.2 Å². The highest BCUT2D eigenvalue weighted by atomic mass is 14.3. The van der Waals surface area contributed by atoms with Crippen LogP contribution in [0, 0.1) is 11.8 Å². The smallest absolute Gasteiger partial charge is 0.00168 e. The average Bonchev–Trinajstić information content (AvgIpc) is 2.66. The fourth-order valence-corrected chi connectivity index (χ4v) is 1.43. The minimum Gasteiger partial charge on any atom is -0.0911 e. The van der Waals surface area contributed by atoms with Crippen molar-refractivity contribution < 1.29 is 0 Å². The molecular weight excluding hydrogens is 120 g/mol. The van der Waals surface area contributed by atoms with Gasteiger partial charge in [0.15, 0.2) is 0 Å². The fraction of sp³-hybridized carbons (Fsp3) is 0.600. The molecule has 0 N–H and O–H groups in total. The Kier molecular flexibility index (Phi) is 2.31. The Bertz CT molecular complexity index is 163. The lowest BCUT2D eigenvalue weighted by Gasteiger charge is -2.00. The van der Waals surface area contributed by atoms with Crippen LogP contribution in [-0.4, -0.2) is 0 Å². The number of hydrogen-bond donors (Lipinski definition) is 0. The highest BCUT2D eigenvalue weighted by Crippen LogP contribution is 2.38. The highest BCUT2D eigenvalue weighted by Gasteiger charge is 2.25. The third kappa shape index (κ3) is 1.50. The Hall–Kier alpha value is -0.520. The zero-order valence-electron chi connectivity index (χ0n) is 7.09. The summed E-state index contributed by atoms with van der Waals surface area (Å²) in [6.07, 6.45) is 8.07. The molecular formula is C10H16. The van der Waals surface area contributed by atoms with Gasteiger partial charge in [-0.3, -0.25) is 0 Å². The van der Waals surface area contributed by atoms with E-state index in [1.54, 1.807) is 5.57 Å². The molecule has 0 saturated carbocycles. The number of hydrogen-bond acceptors (Lipinski definition) is 0. The zero-order chi connectivity index (χ0) is 7.56. The van der Waals surface area contributed by atoms with Crippen molar-refractivity contribution >= 4 is 0 Å². The first-order chi connectivity index (χ1) is 4.79. The molecule has 0 bridgehead atoms. The van der Waals surface area contributed by atoms with Crippen molar-refractivity contribution in [3.63, 3.8) is 0 Å². The predicted octanol–water partition coefficient (Wildman–Crippen LogP) is 3.16. The first kappa shape index (κ1) is 7.59. The van der Waals surface area contributed by atoms with Crippen molar-refractivity contribution in [3.8, 4) is 0 Å². The third-order valence-corrected chi connectivity index (χ3v) is 2.16. The van der Waals surface area contributed by atoms with Gasteiger partial charge in [-0.05, 0) is 25.2 Å². The minimum absolute atomic E-state index is 0.690. The fourth-order valence-electron chi connectivity index (χ4n) is 1.43. The third-order valence-electron chi connectivity index (χ3n) is 2.16. The van der Waals surface area contributed by atoms with Gasteiger partial charge < -0.3 is 0 Å². The number of allylic oxidation sites excluding steroid dienone is 4. The molecule has 10 heavy (non-hydrogen) atoms. The van der Waals surface area contributed by atoms with E-state index in [2.05, 4.69) is 39.0 Å². The SMILES string of the molecule is CC=CC(C)C1=CC1CC. The van der Waals surface area contributed by atoms with E-state index in [-0.39, 0.29) is 0 Å². The Morgan fingerprint density at radius 2 is 2.40 bits per heavy atom. The maximum absolute atomic E-state index is 2.38. The zero-order valence-corrected chi connectivity index (χ0v) is 7.09. The van der Waals surface area contributed by atoms with Crippen LogP contribution in [0.5, 0.6) is 0 Å². The van der Waals surface area contributed by atoms with Gasteiger partial charge in [-0.2, -0.15) is 0 Å². The minimum atomic E-state index is 0.690. The van der Waals surface area contributed by atoms with Gasteiger partial charge in [-0.25, -0.2) is 0 Å². The second-order valence-corrected chi connectivity index (χ2v) is 3.00. The van der Waals surface area contributed by atoms with Gasteiger partial charge in [0.25, 0.3) is 0 Å². The molecule has 0 saturated heterocycles. The summed E-state index contributed by atoms with van der Waals surface area (Å²) in [5.74, 6) is 1.53. The summed E-state index contributed by atoms with van der Waals surface area (Å²) in [5.41, 5.74) is 1.64. The van der Waals surface area contributed by atoms with Gasteiger partial charge in [0.2, 0.25) is 0 Å². The van der Waals surface area contributed by atoms with Crippen LogP contribution in [0.4, 0.5) is 0 Å². The van der Waals surface area contributed by atoms with Crippen molar-refractivity contribution in [1.82, 2.24) is 0 Å². The molecule has 56 valence electrons. The van der Waals surface area contributed by atoms with Crippen LogP contribution in [0.25, 0.3) is 0 Å². The summed E-state index contributed by atoms with van der Waals surface area (Å²) >= 11 is 0. The molecule has 0 heteroatoms. The maximum atomic E-state index is 2.38. The van der Waals surface area contributed by atoms with Crippen LogP contribution in [0.1, 0.15) is 27.2 Å². The van der Waals surface area contributed by atoms with Gasteiger partial charge in [-0.15, -0.1) is 0 Å². The van der Waals surface area contributed by atoms with E-state index in [4.69, 9.17) is 0 Å². The largest absolute Gasteiger partial charge is 0.0911 e. The summed E-state index contributed by atoms with van der Waals surface area (Å²) in [6.45, 7) is 6.60. The second-order valence-electron chi connectivity index (χ2n) is 3.00. The first-order valence-electron chi connectivity index (χ1n) is 4.14. The molecule has 0 aromatic carbocycles. The van der Waals surface area contributed by atoms with Gasteiger partial charge in [0.05, 0.1) is 0 Å². The van der Waals surface area contributed by atoms with E-state index >= 15 is 0 Å². The van der Waals surface area contributed by atoms with E-state index in [9.17, 15) is 0 Å². The van der Waals surface area contributed by atoms with Crippen molar-refractivity contribution in [1.29, 1.82) is 0 Å². The van der Waals surface area contributed by atoms with Gasteiger partial charge in [0, 0.05) is 0 Å². The Morgan fingerprint density at radius 3 is 2.80 bits per heavy atom. The molecule has 1 aliphatic rings. The Labute approximate surface area is 63.6 Å². The summed E-state index contributed by atoms with van der Waals surface area (Å²) < 4.78 is 0. The lowest BCUT2D eigenvalue weighted by Crippen LogP contribution is -1.89. The lowest BCUT2D eigenvalue weighted by molar-refractivity contribution is 0.754. The lowest BCUT2D eigenvalue weighted by atomic mass is 10.0. The molecule has 0 nitrogen and oxygen atoms in total. The van der Waals surface area contributed by atoms with E-state index in [1.165, 1.54) is 6.42 Å². The van der Waals surface area contributed by atoms with Gasteiger partial charge in [-0.1, -0.05) is 37.6 Å². The molecule has 0 fully saturated rings. The molecule has 2 atom stereocenters. The molecule has 0 radical (unpaired) electrons. The summed E-state index contributed by atoms with van der Waals surface area (Å²) in [7, 11) is 0. The molecule has 0 aromatic rings. The molecule has 0 aliphatic heterocycles. The van der Waals surface area contributed by atoms with Gasteiger partial charge >= 0.3 is 0 Å². The topological polar surface area (TPSA) is 0 Å². The van der Waals surface area contributed by atoms with Crippen LogP contribution in [0.15, 0.2) is 23.8 Å². The molecule has 0 aromatic heterocycles. The molecule has 1 rings (SSSR count). The monoisotopic (exact) mass is 136 g/mol. The van der Waals surface area contributed by atoms with E-state index in [0.29, 0.717) is 5.92 Å². The van der Waals surface area contributed by atoms with Crippen LogP contribution in [0.3, 0.4) is 0 Å². The molecule has 2 unspecified atom stereocenters. The van der Waals surface area contributed by atoms with Crippen LogP contribution in [-0.2, 0) is 0 Å². The molecule has 0 amide bonds. The molecule has 0 heterocycles. The van der Waals surface area contributed by atoms with E-state index < -0.39 is 0 Å².